The molecule has 0 aromatic carbocycles. The second-order valence-electron chi connectivity index (χ2n) is 4.44. The highest BCUT2D eigenvalue weighted by Crippen LogP contribution is 2.11. The third-order valence-electron chi connectivity index (χ3n) is 2.66. The molecule has 0 bridgehead atoms. The van der Waals surface area contributed by atoms with Crippen LogP contribution in [0.2, 0.25) is 0 Å². The number of carbonyl (C=O) groups excluding carboxylic acids is 1. The Labute approximate surface area is 108 Å². The van der Waals surface area contributed by atoms with Crippen LogP contribution in [-0.2, 0) is 9.53 Å². The van der Waals surface area contributed by atoms with Crippen LogP contribution in [0.25, 0.3) is 0 Å². The number of nitrogens with zero attached hydrogens (tertiary/aromatic N) is 2. The first kappa shape index (κ1) is 16.9. The molecule has 2 N–H and O–H groups in total. The van der Waals surface area contributed by atoms with Crippen LogP contribution in [0.4, 0.5) is 0 Å². The highest BCUT2D eigenvalue weighted by Gasteiger charge is 2.24. The topological polar surface area (TPSA) is 73.2 Å². The molecule has 1 unspecified atom stereocenters. The Bertz CT molecular complexity index is 300. The van der Waals surface area contributed by atoms with Crippen LogP contribution in [0.1, 0.15) is 13.8 Å². The number of aliphatic hydroxyl groups is 2. The lowest BCUT2D eigenvalue weighted by Gasteiger charge is -2.28. The summed E-state index contributed by atoms with van der Waals surface area (Å²) in [5.41, 5.74) is -1.37. The van der Waals surface area contributed by atoms with E-state index in [9.17, 15) is 15.0 Å². The molecule has 0 heterocycles. The van der Waals surface area contributed by atoms with E-state index in [1.807, 2.05) is 6.92 Å². The zero-order valence-electron chi connectivity index (χ0n) is 11.8. The van der Waals surface area contributed by atoms with Crippen LogP contribution in [0.15, 0.2) is 11.8 Å². The number of carbonyl (C=O) groups is 1. The minimum Gasteiger partial charge on any atom is -0.503 e. The molecule has 0 aromatic heterocycles. The van der Waals surface area contributed by atoms with Gasteiger partial charge in [-0.1, -0.05) is 0 Å². The molecule has 0 saturated heterocycles. The van der Waals surface area contributed by atoms with Crippen molar-refractivity contribution in [1.29, 1.82) is 0 Å². The summed E-state index contributed by atoms with van der Waals surface area (Å²) in [6.45, 7) is 4.73. The first-order valence-corrected chi connectivity index (χ1v) is 5.87. The first-order valence-electron chi connectivity index (χ1n) is 5.87. The number of hydrogen-bond donors (Lipinski definition) is 2. The molecule has 0 fully saturated rings. The van der Waals surface area contributed by atoms with E-state index in [4.69, 9.17) is 4.74 Å². The van der Waals surface area contributed by atoms with Gasteiger partial charge in [0.1, 0.15) is 5.72 Å². The standard InChI is InChI=1S/C12H24N2O4/c1-6-18-8-7-14(5)11(16)10(15)9-12(2,17)13(3)4/h9,15,17H,6-8H2,1-5H3/b10-9-. The average molecular weight is 260 g/mol. The Kier molecular flexibility index (Phi) is 6.90. The monoisotopic (exact) mass is 260 g/mol. The second kappa shape index (κ2) is 7.35. The van der Waals surface area contributed by atoms with E-state index >= 15 is 0 Å². The number of ether oxygens (including phenoxy) is 1. The molecule has 0 saturated carbocycles. The summed E-state index contributed by atoms with van der Waals surface area (Å²) in [5.74, 6) is -1.02. The summed E-state index contributed by atoms with van der Waals surface area (Å²) in [5, 5.41) is 19.6. The van der Waals surface area contributed by atoms with Gasteiger partial charge < -0.3 is 19.8 Å². The second-order valence-corrected chi connectivity index (χ2v) is 4.44. The zero-order valence-corrected chi connectivity index (χ0v) is 11.8. The van der Waals surface area contributed by atoms with E-state index in [1.54, 1.807) is 21.1 Å². The van der Waals surface area contributed by atoms with Crippen molar-refractivity contribution in [2.45, 2.75) is 19.6 Å². The van der Waals surface area contributed by atoms with Crippen LogP contribution in [0, 0.1) is 0 Å². The Morgan fingerprint density at radius 1 is 1.39 bits per heavy atom. The summed E-state index contributed by atoms with van der Waals surface area (Å²) in [4.78, 5) is 14.6. The molecule has 0 rings (SSSR count). The van der Waals surface area contributed by atoms with Gasteiger partial charge in [-0.2, -0.15) is 0 Å². The smallest absolute Gasteiger partial charge is 0.288 e. The largest absolute Gasteiger partial charge is 0.503 e. The van der Waals surface area contributed by atoms with Crippen LogP contribution in [0.5, 0.6) is 0 Å². The molecule has 0 aliphatic heterocycles. The van der Waals surface area contributed by atoms with Crippen molar-refractivity contribution >= 4 is 5.91 Å². The molecular formula is C12H24N2O4. The maximum atomic E-state index is 11.8. The van der Waals surface area contributed by atoms with Gasteiger partial charge in [-0.05, 0) is 27.9 Å². The Morgan fingerprint density at radius 2 is 1.94 bits per heavy atom. The molecule has 6 heteroatoms. The van der Waals surface area contributed by atoms with Crippen molar-refractivity contribution < 1.29 is 19.7 Å². The van der Waals surface area contributed by atoms with E-state index in [1.165, 1.54) is 16.7 Å². The number of rotatable bonds is 7. The van der Waals surface area contributed by atoms with Crippen LogP contribution < -0.4 is 0 Å². The fourth-order valence-electron chi connectivity index (χ4n) is 1.09. The van der Waals surface area contributed by atoms with Gasteiger partial charge in [0.15, 0.2) is 5.76 Å². The summed E-state index contributed by atoms with van der Waals surface area (Å²) in [6.07, 6.45) is 1.12. The summed E-state index contributed by atoms with van der Waals surface area (Å²) < 4.78 is 5.12. The number of aliphatic hydroxyl groups excluding tert-OH is 1. The summed E-state index contributed by atoms with van der Waals surface area (Å²) in [6, 6.07) is 0. The van der Waals surface area contributed by atoms with Crippen LogP contribution >= 0.6 is 0 Å². The maximum Gasteiger partial charge on any atom is 0.288 e. The Balaban J connectivity index is 4.54. The molecule has 0 aliphatic rings. The van der Waals surface area contributed by atoms with Gasteiger partial charge in [0.05, 0.1) is 6.61 Å². The first-order chi connectivity index (χ1) is 8.22. The quantitative estimate of drug-likeness (QED) is 0.296. The summed E-state index contributed by atoms with van der Waals surface area (Å²) >= 11 is 0. The third-order valence-corrected chi connectivity index (χ3v) is 2.66. The van der Waals surface area contributed by atoms with Gasteiger partial charge in [-0.15, -0.1) is 0 Å². The van der Waals surface area contributed by atoms with Crippen molar-refractivity contribution in [2.24, 2.45) is 0 Å². The fourth-order valence-corrected chi connectivity index (χ4v) is 1.09. The SMILES string of the molecule is CCOCCN(C)C(=O)/C(O)=C/C(C)(O)N(C)C. The van der Waals surface area contributed by atoms with Crippen LogP contribution in [-0.4, -0.2) is 72.5 Å². The average Bonchev–Trinajstić information content (AvgIpc) is 2.27. The molecule has 18 heavy (non-hydrogen) atoms. The number of likely N-dealkylation sites (N-methyl/N-ethyl adjacent to an activating group) is 2. The minimum atomic E-state index is -1.37. The van der Waals surface area contributed by atoms with Gasteiger partial charge in [-0.3, -0.25) is 9.69 Å². The lowest BCUT2D eigenvalue weighted by atomic mass is 10.2. The lowest BCUT2D eigenvalue weighted by Crippen LogP contribution is -2.40. The molecule has 1 amide bonds. The summed E-state index contributed by atoms with van der Waals surface area (Å²) in [7, 11) is 4.86. The fraction of sp³-hybridized carbons (Fsp3) is 0.750. The van der Waals surface area contributed by atoms with E-state index in [2.05, 4.69) is 0 Å². The maximum absolute atomic E-state index is 11.8. The normalized spacial score (nSPS) is 15.6. The van der Waals surface area contributed by atoms with E-state index in [0.717, 1.165) is 6.08 Å². The van der Waals surface area contributed by atoms with Crippen molar-refractivity contribution in [2.75, 3.05) is 40.9 Å². The van der Waals surface area contributed by atoms with Gasteiger partial charge in [0.25, 0.3) is 5.91 Å². The van der Waals surface area contributed by atoms with E-state index in [-0.39, 0.29) is 0 Å². The van der Waals surface area contributed by atoms with Gasteiger partial charge >= 0.3 is 0 Å². The van der Waals surface area contributed by atoms with Gasteiger partial charge in [0.2, 0.25) is 0 Å². The molecule has 1 atom stereocenters. The van der Waals surface area contributed by atoms with Crippen molar-refractivity contribution in [3.63, 3.8) is 0 Å². The van der Waals surface area contributed by atoms with E-state index < -0.39 is 17.4 Å². The predicted octanol–water partition coefficient (Wildman–Crippen LogP) is 0.193. The zero-order chi connectivity index (χ0) is 14.3. The molecule has 0 spiro atoms. The minimum absolute atomic E-state index is 0.384. The molecule has 106 valence electrons. The molecule has 0 radical (unpaired) electrons. The number of amides is 1. The van der Waals surface area contributed by atoms with Crippen molar-refractivity contribution in [3.05, 3.63) is 11.8 Å². The Hall–Kier alpha value is -1.11. The van der Waals surface area contributed by atoms with Crippen molar-refractivity contribution in [3.8, 4) is 0 Å². The van der Waals surface area contributed by atoms with Gasteiger partial charge in [0, 0.05) is 26.3 Å². The third kappa shape index (κ3) is 5.48. The molecule has 6 nitrogen and oxygen atoms in total. The van der Waals surface area contributed by atoms with Gasteiger partial charge in [-0.25, -0.2) is 0 Å². The Morgan fingerprint density at radius 3 is 2.39 bits per heavy atom. The number of hydrogen-bond acceptors (Lipinski definition) is 5. The molecule has 0 aliphatic carbocycles. The van der Waals surface area contributed by atoms with Crippen molar-refractivity contribution in [1.82, 2.24) is 9.80 Å². The highest BCUT2D eigenvalue weighted by molar-refractivity contribution is 5.90. The van der Waals surface area contributed by atoms with E-state index in [0.29, 0.717) is 19.8 Å². The highest BCUT2D eigenvalue weighted by atomic mass is 16.5. The molecule has 0 aromatic rings. The molecular weight excluding hydrogens is 236 g/mol. The predicted molar refractivity (Wildman–Crippen MR) is 69.2 cm³/mol. The van der Waals surface area contributed by atoms with Crippen LogP contribution in [0.3, 0.4) is 0 Å². The lowest BCUT2D eigenvalue weighted by molar-refractivity contribution is -0.129.